The number of esters is 2. The SMILES string of the molecule is CCCCCCCCOc1ccc(-c2ccc(OC(=O)c3cc4sc5cc(OC(=O)[C@H](C)OCCCCCCCC)ccc5c4s3)cc2)cc1. The lowest BCUT2D eigenvalue weighted by Gasteiger charge is -2.12. The lowest BCUT2D eigenvalue weighted by molar-refractivity contribution is -0.146. The number of unbranched alkanes of at least 4 members (excludes halogenated alkanes) is 10. The van der Waals surface area contributed by atoms with Gasteiger partial charge in [-0.15, -0.1) is 22.7 Å². The zero-order chi connectivity index (χ0) is 35.1. The number of ether oxygens (including phenoxy) is 4. The fraction of sp³-hybridized carbons (Fsp3) is 0.429. The molecule has 0 amide bonds. The van der Waals surface area contributed by atoms with Gasteiger partial charge in [0.1, 0.15) is 22.1 Å². The molecule has 2 aromatic heterocycles. The van der Waals surface area contributed by atoms with Crippen LogP contribution in [0, 0.1) is 0 Å². The van der Waals surface area contributed by atoms with Gasteiger partial charge in [-0.05, 0) is 79.4 Å². The standard InChI is InChI=1S/C42H50O6S2/c1-4-6-8-10-12-14-26-45-30(3)41(43)48-35-24-25-36-37(28-35)49-38-29-39(50-40(36)38)42(44)47-34-22-18-32(19-23-34)31-16-20-33(21-17-31)46-27-15-13-11-9-7-5-2/h16-25,28-30H,4-15,26-27H2,1-3H3/t30-/m0/s1. The molecule has 0 aliphatic carbocycles. The summed E-state index contributed by atoms with van der Waals surface area (Å²) in [6.45, 7) is 7.49. The molecule has 0 N–H and O–H groups in total. The molecule has 0 bridgehead atoms. The van der Waals surface area contributed by atoms with E-state index in [4.69, 9.17) is 18.9 Å². The molecule has 0 aliphatic rings. The Morgan fingerprint density at radius 3 is 1.84 bits per heavy atom. The van der Waals surface area contributed by atoms with Crippen molar-refractivity contribution in [3.8, 4) is 28.4 Å². The minimum atomic E-state index is -0.621. The summed E-state index contributed by atoms with van der Waals surface area (Å²) >= 11 is 2.97. The minimum Gasteiger partial charge on any atom is -0.494 e. The Morgan fingerprint density at radius 1 is 0.600 bits per heavy atom. The minimum absolute atomic E-state index is 0.383. The second kappa shape index (κ2) is 19.6. The number of carbonyl (C=O) groups excluding carboxylic acids is 2. The molecule has 5 aromatic rings. The van der Waals surface area contributed by atoms with E-state index in [1.54, 1.807) is 24.3 Å². The maximum Gasteiger partial charge on any atom is 0.353 e. The smallest absolute Gasteiger partial charge is 0.353 e. The van der Waals surface area contributed by atoms with Crippen LogP contribution in [0.5, 0.6) is 17.2 Å². The summed E-state index contributed by atoms with van der Waals surface area (Å²) in [7, 11) is 0. The predicted molar refractivity (Wildman–Crippen MR) is 207 cm³/mol. The van der Waals surface area contributed by atoms with E-state index in [1.807, 2.05) is 54.6 Å². The quantitative estimate of drug-likeness (QED) is 0.0428. The Balaban J connectivity index is 1.09. The lowest BCUT2D eigenvalue weighted by atomic mass is 10.1. The van der Waals surface area contributed by atoms with Gasteiger partial charge in [-0.2, -0.15) is 0 Å². The van der Waals surface area contributed by atoms with Crippen molar-refractivity contribution < 1.29 is 28.5 Å². The van der Waals surface area contributed by atoms with E-state index in [9.17, 15) is 9.59 Å². The molecule has 5 rings (SSSR count). The first kappa shape index (κ1) is 37.5. The zero-order valence-electron chi connectivity index (χ0n) is 29.7. The molecule has 3 aromatic carbocycles. The fourth-order valence-electron chi connectivity index (χ4n) is 5.79. The molecule has 266 valence electrons. The van der Waals surface area contributed by atoms with Crippen molar-refractivity contribution in [2.45, 2.75) is 104 Å². The van der Waals surface area contributed by atoms with E-state index in [1.165, 1.54) is 69.1 Å². The summed E-state index contributed by atoms with van der Waals surface area (Å²) in [6.07, 6.45) is 13.9. The normalized spacial score (nSPS) is 12.0. The van der Waals surface area contributed by atoms with Gasteiger partial charge in [0.2, 0.25) is 0 Å². The van der Waals surface area contributed by atoms with E-state index >= 15 is 0 Å². The molecule has 0 unspecified atom stereocenters. The van der Waals surface area contributed by atoms with Crippen molar-refractivity contribution in [1.29, 1.82) is 0 Å². The van der Waals surface area contributed by atoms with Crippen LogP contribution in [0.25, 0.3) is 30.6 Å². The molecule has 0 spiro atoms. The molecule has 1 atom stereocenters. The van der Waals surface area contributed by atoms with E-state index in [0.29, 0.717) is 23.0 Å². The third kappa shape index (κ3) is 10.9. The molecule has 0 saturated carbocycles. The lowest BCUT2D eigenvalue weighted by Crippen LogP contribution is -2.26. The fourth-order valence-corrected chi connectivity index (χ4v) is 8.22. The van der Waals surface area contributed by atoms with Gasteiger partial charge in [-0.1, -0.05) is 102 Å². The number of thiophene rings is 2. The number of hydrogen-bond donors (Lipinski definition) is 0. The Kier molecular flexibility index (Phi) is 14.7. The first-order valence-electron chi connectivity index (χ1n) is 18.3. The summed E-state index contributed by atoms with van der Waals surface area (Å²) in [5, 5.41) is 1.02. The second-order valence-electron chi connectivity index (χ2n) is 12.8. The summed E-state index contributed by atoms with van der Waals surface area (Å²) in [4.78, 5) is 26.2. The highest BCUT2D eigenvalue weighted by molar-refractivity contribution is 7.33. The van der Waals surface area contributed by atoms with E-state index in [2.05, 4.69) is 26.0 Å². The molecule has 6 nitrogen and oxygen atoms in total. The molecule has 8 heteroatoms. The van der Waals surface area contributed by atoms with Gasteiger partial charge >= 0.3 is 11.9 Å². The monoisotopic (exact) mass is 714 g/mol. The Labute approximate surface area is 304 Å². The van der Waals surface area contributed by atoms with E-state index < -0.39 is 12.1 Å². The number of hydrogen-bond acceptors (Lipinski definition) is 8. The van der Waals surface area contributed by atoms with Gasteiger partial charge < -0.3 is 18.9 Å². The van der Waals surface area contributed by atoms with Crippen LogP contribution in [0.15, 0.2) is 72.8 Å². The van der Waals surface area contributed by atoms with Gasteiger partial charge in [0.25, 0.3) is 0 Å². The van der Waals surface area contributed by atoms with Crippen LogP contribution in [0.2, 0.25) is 0 Å². The highest BCUT2D eigenvalue weighted by Crippen LogP contribution is 2.41. The molecular weight excluding hydrogens is 665 g/mol. The van der Waals surface area contributed by atoms with E-state index in [-0.39, 0.29) is 5.97 Å². The van der Waals surface area contributed by atoms with Crippen molar-refractivity contribution in [2.75, 3.05) is 13.2 Å². The first-order valence-corrected chi connectivity index (χ1v) is 19.9. The molecule has 0 radical (unpaired) electrons. The second-order valence-corrected chi connectivity index (χ2v) is 15.0. The summed E-state index contributed by atoms with van der Waals surface area (Å²) in [5.41, 5.74) is 2.11. The number of carbonyl (C=O) groups is 2. The van der Waals surface area contributed by atoms with Gasteiger partial charge in [0.15, 0.2) is 6.10 Å². The molecular formula is C42H50O6S2. The average molecular weight is 715 g/mol. The third-order valence-corrected chi connectivity index (χ3v) is 11.1. The van der Waals surface area contributed by atoms with Gasteiger partial charge in [0, 0.05) is 21.4 Å². The number of rotatable bonds is 21. The van der Waals surface area contributed by atoms with Gasteiger partial charge in [-0.25, -0.2) is 9.59 Å². The highest BCUT2D eigenvalue weighted by atomic mass is 32.1. The third-order valence-electron chi connectivity index (χ3n) is 8.75. The van der Waals surface area contributed by atoms with E-state index in [0.717, 1.165) is 62.2 Å². The van der Waals surface area contributed by atoms with Crippen molar-refractivity contribution in [3.05, 3.63) is 77.7 Å². The van der Waals surface area contributed by atoms with Gasteiger partial charge in [0.05, 0.1) is 11.3 Å². The van der Waals surface area contributed by atoms with Crippen LogP contribution in [-0.4, -0.2) is 31.3 Å². The maximum atomic E-state index is 13.1. The van der Waals surface area contributed by atoms with Crippen molar-refractivity contribution >= 4 is 54.1 Å². The molecule has 0 saturated heterocycles. The predicted octanol–water partition coefficient (Wildman–Crippen LogP) is 12.4. The first-order chi connectivity index (χ1) is 24.4. The van der Waals surface area contributed by atoms with Crippen LogP contribution in [0.1, 0.15) is 107 Å². The summed E-state index contributed by atoms with van der Waals surface area (Å²) in [6, 6.07) is 23.2. The number of benzene rings is 3. The van der Waals surface area contributed by atoms with Gasteiger partial charge in [-0.3, -0.25) is 0 Å². The molecule has 2 heterocycles. The average Bonchev–Trinajstić information content (AvgIpc) is 3.70. The maximum absolute atomic E-state index is 13.1. The van der Waals surface area contributed by atoms with Crippen molar-refractivity contribution in [3.63, 3.8) is 0 Å². The highest BCUT2D eigenvalue weighted by Gasteiger charge is 2.19. The Bertz CT molecular complexity index is 1790. The Morgan fingerprint density at radius 2 is 1.18 bits per heavy atom. The van der Waals surface area contributed by atoms with Crippen LogP contribution < -0.4 is 14.2 Å². The van der Waals surface area contributed by atoms with Crippen LogP contribution in [0.4, 0.5) is 0 Å². The largest absolute Gasteiger partial charge is 0.494 e. The van der Waals surface area contributed by atoms with Crippen LogP contribution in [0.3, 0.4) is 0 Å². The van der Waals surface area contributed by atoms with Crippen LogP contribution >= 0.6 is 22.7 Å². The van der Waals surface area contributed by atoms with Crippen molar-refractivity contribution in [2.24, 2.45) is 0 Å². The van der Waals surface area contributed by atoms with Crippen LogP contribution in [-0.2, 0) is 9.53 Å². The molecule has 0 aliphatic heterocycles. The zero-order valence-corrected chi connectivity index (χ0v) is 31.3. The summed E-state index contributed by atoms with van der Waals surface area (Å²) < 4.78 is 26.0. The number of fused-ring (bicyclic) bond motifs is 3. The molecule has 50 heavy (non-hydrogen) atoms. The summed E-state index contributed by atoms with van der Waals surface area (Å²) in [5.74, 6) is 1.09. The Hall–Kier alpha value is -3.72. The van der Waals surface area contributed by atoms with Crippen molar-refractivity contribution in [1.82, 2.24) is 0 Å². The molecule has 0 fully saturated rings. The topological polar surface area (TPSA) is 71.1 Å².